The molecular weight excluding hydrogens is 268 g/mol. The molecule has 0 aromatic heterocycles. The summed E-state index contributed by atoms with van der Waals surface area (Å²) in [5.41, 5.74) is 0.848. The van der Waals surface area contributed by atoms with Gasteiger partial charge in [0.2, 0.25) is 0 Å². The predicted molar refractivity (Wildman–Crippen MR) is 67.0 cm³/mol. The van der Waals surface area contributed by atoms with Crippen LogP contribution < -0.4 is 9.92 Å². The van der Waals surface area contributed by atoms with Gasteiger partial charge in [0.05, 0.1) is 6.61 Å². The summed E-state index contributed by atoms with van der Waals surface area (Å²) in [5.74, 6) is -0.209. The second kappa shape index (κ2) is 5.85. The standard InChI is InChI=1S/C12H14O6Si/c1-8(13)17-19(18-9(2)14)11-3-4-12-10(5-11)6-15-7-16-12/h3-5,19H,6-7H2,1-2H3. The van der Waals surface area contributed by atoms with Gasteiger partial charge in [-0.1, -0.05) is 6.07 Å². The molecule has 1 aliphatic rings. The monoisotopic (exact) mass is 282 g/mol. The average Bonchev–Trinajstić information content (AvgIpc) is 2.36. The summed E-state index contributed by atoms with van der Waals surface area (Å²) >= 11 is 0. The lowest BCUT2D eigenvalue weighted by atomic mass is 10.2. The summed E-state index contributed by atoms with van der Waals surface area (Å²) in [4.78, 5) is 22.1. The lowest BCUT2D eigenvalue weighted by Gasteiger charge is -2.20. The molecule has 2 rings (SSSR count). The highest BCUT2D eigenvalue weighted by Gasteiger charge is 2.25. The minimum atomic E-state index is -2.57. The first kappa shape index (κ1) is 13.6. The highest BCUT2D eigenvalue weighted by molar-refractivity contribution is 6.64. The van der Waals surface area contributed by atoms with E-state index in [-0.39, 0.29) is 6.79 Å². The highest BCUT2D eigenvalue weighted by atomic mass is 28.3. The molecule has 0 saturated heterocycles. The quantitative estimate of drug-likeness (QED) is 0.733. The second-order valence-electron chi connectivity index (χ2n) is 4.03. The third kappa shape index (κ3) is 3.55. The van der Waals surface area contributed by atoms with Gasteiger partial charge in [-0.25, -0.2) is 0 Å². The molecule has 1 aromatic rings. The minimum absolute atomic E-state index is 0.223. The largest absolute Gasteiger partial charge is 0.484 e. The lowest BCUT2D eigenvalue weighted by molar-refractivity contribution is -0.137. The molecule has 0 N–H and O–H groups in total. The van der Waals surface area contributed by atoms with Crippen molar-refractivity contribution in [3.05, 3.63) is 23.8 Å². The maximum Gasteiger partial charge on any atom is 0.483 e. The molecule has 0 fully saturated rings. The van der Waals surface area contributed by atoms with Crippen LogP contribution in [0.25, 0.3) is 0 Å². The van der Waals surface area contributed by atoms with Crippen LogP contribution in [0.4, 0.5) is 0 Å². The molecular formula is C12H14O6Si. The van der Waals surface area contributed by atoms with E-state index in [0.29, 0.717) is 11.8 Å². The van der Waals surface area contributed by atoms with Crippen LogP contribution in [-0.4, -0.2) is 28.0 Å². The number of hydrogen-bond acceptors (Lipinski definition) is 6. The molecule has 6 nitrogen and oxygen atoms in total. The third-order valence-electron chi connectivity index (χ3n) is 2.46. The van der Waals surface area contributed by atoms with Crippen molar-refractivity contribution in [2.24, 2.45) is 0 Å². The van der Waals surface area contributed by atoms with E-state index in [1.807, 2.05) is 0 Å². The maximum atomic E-state index is 11.1. The van der Waals surface area contributed by atoms with Gasteiger partial charge < -0.3 is 18.3 Å². The van der Waals surface area contributed by atoms with E-state index in [1.54, 1.807) is 18.2 Å². The number of carbonyl (C=O) groups is 2. The van der Waals surface area contributed by atoms with Crippen molar-refractivity contribution in [1.82, 2.24) is 0 Å². The molecule has 1 heterocycles. The topological polar surface area (TPSA) is 71.1 Å². The molecule has 0 saturated carbocycles. The molecule has 7 heteroatoms. The molecule has 0 radical (unpaired) electrons. The first-order valence-corrected chi connectivity index (χ1v) is 7.26. The first-order valence-electron chi connectivity index (χ1n) is 5.74. The zero-order chi connectivity index (χ0) is 13.8. The Morgan fingerprint density at radius 2 is 1.89 bits per heavy atom. The van der Waals surface area contributed by atoms with Gasteiger partial charge in [0, 0.05) is 24.6 Å². The number of hydrogen-bond donors (Lipinski definition) is 0. The van der Waals surface area contributed by atoms with Crippen molar-refractivity contribution in [2.75, 3.05) is 6.79 Å². The van der Waals surface area contributed by atoms with Crippen molar-refractivity contribution in [1.29, 1.82) is 0 Å². The molecule has 0 atom stereocenters. The molecule has 0 spiro atoms. The van der Waals surface area contributed by atoms with Crippen LogP contribution in [-0.2, 0) is 29.8 Å². The van der Waals surface area contributed by atoms with E-state index in [0.717, 1.165) is 11.3 Å². The van der Waals surface area contributed by atoms with Crippen LogP contribution in [0.3, 0.4) is 0 Å². The maximum absolute atomic E-state index is 11.1. The van der Waals surface area contributed by atoms with Gasteiger partial charge in [0.1, 0.15) is 5.75 Å². The Kier molecular flexibility index (Phi) is 4.18. The van der Waals surface area contributed by atoms with E-state index >= 15 is 0 Å². The number of ether oxygens (including phenoxy) is 2. The second-order valence-corrected chi connectivity index (χ2v) is 5.83. The molecule has 0 bridgehead atoms. The smallest absolute Gasteiger partial charge is 0.483 e. The molecule has 0 unspecified atom stereocenters. The van der Waals surface area contributed by atoms with Crippen molar-refractivity contribution >= 4 is 26.4 Å². The van der Waals surface area contributed by atoms with Gasteiger partial charge in [-0.3, -0.25) is 9.59 Å². The Labute approximate surface area is 112 Å². The van der Waals surface area contributed by atoms with Crippen LogP contribution in [0.15, 0.2) is 18.2 Å². The summed E-state index contributed by atoms with van der Waals surface area (Å²) in [6.07, 6.45) is 0. The summed E-state index contributed by atoms with van der Waals surface area (Å²) in [6, 6.07) is 5.30. The van der Waals surface area contributed by atoms with Gasteiger partial charge in [-0.2, -0.15) is 0 Å². The first-order chi connectivity index (χ1) is 9.06. The van der Waals surface area contributed by atoms with Gasteiger partial charge in [-0.15, -0.1) is 0 Å². The van der Waals surface area contributed by atoms with Gasteiger partial charge in [-0.05, 0) is 12.1 Å². The Bertz CT molecular complexity index is 485. The normalized spacial score (nSPS) is 13.4. The SMILES string of the molecule is CC(=O)O[SiH](OC(C)=O)c1ccc2c(c1)COCO2. The van der Waals surface area contributed by atoms with Crippen LogP contribution >= 0.6 is 0 Å². The zero-order valence-corrected chi connectivity index (χ0v) is 11.8. The fraction of sp³-hybridized carbons (Fsp3) is 0.333. The predicted octanol–water partition coefficient (Wildman–Crippen LogP) is 0.107. The minimum Gasteiger partial charge on any atom is -0.484 e. The van der Waals surface area contributed by atoms with E-state index < -0.39 is 21.2 Å². The number of carbonyl (C=O) groups excluding carboxylic acids is 2. The fourth-order valence-electron chi connectivity index (χ4n) is 1.72. The Morgan fingerprint density at radius 1 is 1.21 bits per heavy atom. The number of rotatable bonds is 3. The van der Waals surface area contributed by atoms with Crippen molar-refractivity contribution < 1.29 is 27.9 Å². The van der Waals surface area contributed by atoms with Crippen molar-refractivity contribution in [2.45, 2.75) is 20.5 Å². The van der Waals surface area contributed by atoms with Gasteiger partial charge >= 0.3 is 9.28 Å². The lowest BCUT2D eigenvalue weighted by Crippen LogP contribution is -2.40. The molecule has 0 amide bonds. The van der Waals surface area contributed by atoms with E-state index in [2.05, 4.69) is 0 Å². The summed E-state index contributed by atoms with van der Waals surface area (Å²) in [5, 5.41) is 0.693. The summed E-state index contributed by atoms with van der Waals surface area (Å²) < 4.78 is 20.7. The molecule has 102 valence electrons. The Balaban J connectivity index is 2.25. The molecule has 1 aromatic carbocycles. The summed E-state index contributed by atoms with van der Waals surface area (Å²) in [7, 11) is -2.57. The van der Waals surface area contributed by atoms with Crippen molar-refractivity contribution in [3.8, 4) is 5.75 Å². The van der Waals surface area contributed by atoms with Crippen LogP contribution in [0.5, 0.6) is 5.75 Å². The van der Waals surface area contributed by atoms with Crippen LogP contribution in [0.2, 0.25) is 0 Å². The van der Waals surface area contributed by atoms with Gasteiger partial charge in [0.15, 0.2) is 6.79 Å². The van der Waals surface area contributed by atoms with E-state index in [4.69, 9.17) is 18.3 Å². The van der Waals surface area contributed by atoms with Crippen molar-refractivity contribution in [3.63, 3.8) is 0 Å². The number of benzene rings is 1. The molecule has 19 heavy (non-hydrogen) atoms. The molecule has 1 aliphatic heterocycles. The van der Waals surface area contributed by atoms with Gasteiger partial charge in [0.25, 0.3) is 11.9 Å². The Morgan fingerprint density at radius 3 is 2.53 bits per heavy atom. The fourth-order valence-corrected chi connectivity index (χ4v) is 3.23. The third-order valence-corrected chi connectivity index (χ3v) is 4.45. The number of fused-ring (bicyclic) bond motifs is 1. The highest BCUT2D eigenvalue weighted by Crippen LogP contribution is 2.21. The van der Waals surface area contributed by atoms with E-state index in [1.165, 1.54) is 13.8 Å². The van der Waals surface area contributed by atoms with Crippen LogP contribution in [0, 0.1) is 0 Å². The molecule has 0 aliphatic carbocycles. The van der Waals surface area contributed by atoms with Crippen LogP contribution in [0.1, 0.15) is 19.4 Å². The zero-order valence-electron chi connectivity index (χ0n) is 10.7. The Hall–Kier alpha value is -1.86. The van der Waals surface area contributed by atoms with E-state index in [9.17, 15) is 9.59 Å². The average molecular weight is 282 g/mol. The summed E-state index contributed by atoms with van der Waals surface area (Å²) in [6.45, 7) is 3.22.